The molecule has 138 valence electrons. The molecule has 3 rings (SSSR count). The predicted octanol–water partition coefficient (Wildman–Crippen LogP) is 3.83. The molecule has 1 aliphatic heterocycles. The van der Waals surface area contributed by atoms with E-state index in [1.54, 1.807) is 18.2 Å². The fraction of sp³-hybridized carbons (Fsp3) is 0.381. The summed E-state index contributed by atoms with van der Waals surface area (Å²) >= 11 is 0. The zero-order valence-corrected chi connectivity index (χ0v) is 15.0. The largest absolute Gasteiger partial charge is 0.491 e. The van der Waals surface area contributed by atoms with Gasteiger partial charge in [0.1, 0.15) is 5.75 Å². The van der Waals surface area contributed by atoms with Crippen LogP contribution in [-0.4, -0.2) is 37.1 Å². The average Bonchev–Trinajstić information content (AvgIpc) is 3.12. The summed E-state index contributed by atoms with van der Waals surface area (Å²) in [5.74, 6) is 1.03. The second-order valence-corrected chi connectivity index (χ2v) is 6.66. The molecule has 1 atom stereocenters. The first-order valence-corrected chi connectivity index (χ1v) is 8.96. The Morgan fingerprint density at radius 2 is 1.92 bits per heavy atom. The van der Waals surface area contributed by atoms with Crippen LogP contribution in [0.1, 0.15) is 18.4 Å². The van der Waals surface area contributed by atoms with Crippen molar-refractivity contribution in [2.75, 3.05) is 26.3 Å². The Morgan fingerprint density at radius 1 is 1.15 bits per heavy atom. The van der Waals surface area contributed by atoms with Gasteiger partial charge in [-0.1, -0.05) is 29.8 Å². The molecule has 5 heteroatoms. The molecule has 0 N–H and O–H groups in total. The first-order valence-electron chi connectivity index (χ1n) is 8.96. The molecule has 26 heavy (non-hydrogen) atoms. The van der Waals surface area contributed by atoms with Crippen molar-refractivity contribution in [3.05, 3.63) is 59.9 Å². The Balaban J connectivity index is 1.38. The van der Waals surface area contributed by atoms with Crippen LogP contribution in [0.15, 0.2) is 48.5 Å². The topological polar surface area (TPSA) is 38.8 Å². The number of para-hydroxylation sites is 1. The molecule has 4 nitrogen and oxygen atoms in total. The van der Waals surface area contributed by atoms with Crippen molar-refractivity contribution in [2.24, 2.45) is 5.92 Å². The number of benzene rings is 2. The van der Waals surface area contributed by atoms with Crippen LogP contribution >= 0.6 is 0 Å². The maximum Gasteiger partial charge on any atom is 0.260 e. The number of rotatable bonds is 7. The number of carbonyl (C=O) groups excluding carboxylic acids is 1. The van der Waals surface area contributed by atoms with Crippen molar-refractivity contribution >= 4 is 5.91 Å². The van der Waals surface area contributed by atoms with Crippen LogP contribution in [0, 0.1) is 18.7 Å². The smallest absolute Gasteiger partial charge is 0.260 e. The highest BCUT2D eigenvalue weighted by atomic mass is 19.1. The number of hydrogen-bond donors (Lipinski definition) is 0. The summed E-state index contributed by atoms with van der Waals surface area (Å²) in [5, 5.41) is 0. The number of likely N-dealkylation sites (tertiary alicyclic amines) is 1. The number of amides is 1. The van der Waals surface area contributed by atoms with E-state index < -0.39 is 0 Å². The number of nitrogens with zero attached hydrogens (tertiary/aromatic N) is 1. The molecule has 1 saturated heterocycles. The molecule has 1 amide bonds. The lowest BCUT2D eigenvalue weighted by molar-refractivity contribution is -0.132. The standard InChI is InChI=1S/C21H24FNO3/c1-16-6-8-18(9-7-16)26-15-21(24)23-12-10-17(14-23)11-13-25-20-5-3-2-4-19(20)22/h2-9,17H,10-15H2,1H3. The zero-order valence-electron chi connectivity index (χ0n) is 15.0. The van der Waals surface area contributed by atoms with Gasteiger partial charge in [-0.25, -0.2) is 4.39 Å². The first kappa shape index (κ1) is 18.2. The molecule has 0 bridgehead atoms. The van der Waals surface area contributed by atoms with Gasteiger partial charge in [-0.3, -0.25) is 4.79 Å². The Morgan fingerprint density at radius 3 is 2.69 bits per heavy atom. The van der Waals surface area contributed by atoms with Crippen LogP contribution in [-0.2, 0) is 4.79 Å². The molecule has 0 aliphatic carbocycles. The van der Waals surface area contributed by atoms with Gasteiger partial charge in [0.25, 0.3) is 5.91 Å². The van der Waals surface area contributed by atoms with Gasteiger partial charge in [-0.15, -0.1) is 0 Å². The van der Waals surface area contributed by atoms with Gasteiger partial charge in [0.2, 0.25) is 0 Å². The molecular formula is C21H24FNO3. The third-order valence-corrected chi connectivity index (χ3v) is 4.64. The van der Waals surface area contributed by atoms with E-state index >= 15 is 0 Å². The highest BCUT2D eigenvalue weighted by Gasteiger charge is 2.26. The lowest BCUT2D eigenvalue weighted by Gasteiger charge is -2.17. The molecule has 0 saturated carbocycles. The number of hydrogen-bond acceptors (Lipinski definition) is 3. The SMILES string of the molecule is Cc1ccc(OCC(=O)N2CCC(CCOc3ccccc3F)C2)cc1. The van der Waals surface area contributed by atoms with Crippen molar-refractivity contribution in [1.29, 1.82) is 0 Å². The highest BCUT2D eigenvalue weighted by Crippen LogP contribution is 2.22. The Kier molecular flexibility index (Phi) is 6.10. The molecular weight excluding hydrogens is 333 g/mol. The van der Waals surface area contributed by atoms with Gasteiger partial charge < -0.3 is 14.4 Å². The normalized spacial score (nSPS) is 16.5. The van der Waals surface area contributed by atoms with Crippen molar-refractivity contribution in [2.45, 2.75) is 19.8 Å². The molecule has 0 radical (unpaired) electrons. The molecule has 0 aromatic heterocycles. The lowest BCUT2D eigenvalue weighted by atomic mass is 10.1. The van der Waals surface area contributed by atoms with Crippen molar-refractivity contribution in [1.82, 2.24) is 4.90 Å². The van der Waals surface area contributed by atoms with E-state index in [0.29, 0.717) is 24.8 Å². The molecule has 1 fully saturated rings. The van der Waals surface area contributed by atoms with Crippen LogP contribution in [0.4, 0.5) is 4.39 Å². The van der Waals surface area contributed by atoms with Crippen LogP contribution in [0.5, 0.6) is 11.5 Å². The summed E-state index contributed by atoms with van der Waals surface area (Å²) in [6.07, 6.45) is 1.74. The maximum absolute atomic E-state index is 13.5. The number of carbonyl (C=O) groups is 1. The minimum atomic E-state index is -0.344. The fourth-order valence-corrected chi connectivity index (χ4v) is 3.06. The van der Waals surface area contributed by atoms with Crippen molar-refractivity contribution in [3.8, 4) is 11.5 Å². The van der Waals surface area contributed by atoms with E-state index in [1.807, 2.05) is 36.1 Å². The summed E-state index contributed by atoms with van der Waals surface area (Å²) in [6.45, 7) is 3.96. The molecule has 1 aliphatic rings. The molecule has 2 aromatic rings. The monoisotopic (exact) mass is 357 g/mol. The molecule has 0 spiro atoms. The fourth-order valence-electron chi connectivity index (χ4n) is 3.06. The van der Waals surface area contributed by atoms with Gasteiger partial charge in [0.15, 0.2) is 18.2 Å². The van der Waals surface area contributed by atoms with Crippen LogP contribution < -0.4 is 9.47 Å². The lowest BCUT2D eigenvalue weighted by Crippen LogP contribution is -2.33. The minimum absolute atomic E-state index is 0.00287. The summed E-state index contributed by atoms with van der Waals surface area (Å²) < 4.78 is 24.6. The first-order chi connectivity index (χ1) is 12.6. The second-order valence-electron chi connectivity index (χ2n) is 6.66. The number of halogens is 1. The molecule has 1 heterocycles. The van der Waals surface area contributed by atoms with Crippen LogP contribution in [0.25, 0.3) is 0 Å². The highest BCUT2D eigenvalue weighted by molar-refractivity contribution is 5.78. The van der Waals surface area contributed by atoms with Crippen molar-refractivity contribution in [3.63, 3.8) is 0 Å². The van der Waals surface area contributed by atoms with Gasteiger partial charge in [0, 0.05) is 13.1 Å². The van der Waals surface area contributed by atoms with Crippen LogP contribution in [0.3, 0.4) is 0 Å². The summed E-state index contributed by atoms with van der Waals surface area (Å²) in [5.41, 5.74) is 1.16. The van der Waals surface area contributed by atoms with Gasteiger partial charge in [-0.2, -0.15) is 0 Å². The van der Waals surface area contributed by atoms with E-state index in [4.69, 9.17) is 9.47 Å². The van der Waals surface area contributed by atoms with Crippen LogP contribution in [0.2, 0.25) is 0 Å². The maximum atomic E-state index is 13.5. The summed E-state index contributed by atoms with van der Waals surface area (Å²) in [7, 11) is 0. The van der Waals surface area contributed by atoms with E-state index in [9.17, 15) is 9.18 Å². The second kappa shape index (κ2) is 8.70. The van der Waals surface area contributed by atoms with Gasteiger partial charge >= 0.3 is 0 Å². The van der Waals surface area contributed by atoms with Crippen molar-refractivity contribution < 1.29 is 18.7 Å². The quantitative estimate of drug-likeness (QED) is 0.756. The van der Waals surface area contributed by atoms with E-state index in [1.165, 1.54) is 6.07 Å². The Labute approximate surface area is 153 Å². The Bertz CT molecular complexity index is 732. The number of ether oxygens (including phenoxy) is 2. The summed E-state index contributed by atoms with van der Waals surface area (Å²) in [6, 6.07) is 14.1. The van der Waals surface area contributed by atoms with E-state index in [2.05, 4.69) is 0 Å². The van der Waals surface area contributed by atoms with E-state index in [0.717, 1.165) is 24.9 Å². The molecule has 1 unspecified atom stereocenters. The third-order valence-electron chi connectivity index (χ3n) is 4.64. The average molecular weight is 357 g/mol. The minimum Gasteiger partial charge on any atom is -0.491 e. The van der Waals surface area contributed by atoms with Gasteiger partial charge in [-0.05, 0) is 49.9 Å². The number of aryl methyl sites for hydroxylation is 1. The van der Waals surface area contributed by atoms with Gasteiger partial charge in [0.05, 0.1) is 6.61 Å². The Hall–Kier alpha value is -2.56. The zero-order chi connectivity index (χ0) is 18.4. The van der Waals surface area contributed by atoms with E-state index in [-0.39, 0.29) is 24.1 Å². The molecule has 2 aromatic carbocycles. The predicted molar refractivity (Wildman–Crippen MR) is 97.9 cm³/mol. The third kappa shape index (κ3) is 4.97. The summed E-state index contributed by atoms with van der Waals surface area (Å²) in [4.78, 5) is 14.1.